The predicted octanol–water partition coefficient (Wildman–Crippen LogP) is 3.64. The fourth-order valence-electron chi connectivity index (χ4n) is 4.92. The van der Waals surface area contributed by atoms with E-state index in [1.54, 1.807) is 24.3 Å². The fourth-order valence-corrected chi connectivity index (χ4v) is 4.92. The summed E-state index contributed by atoms with van der Waals surface area (Å²) in [5.74, 6) is -0.399. The van der Waals surface area contributed by atoms with Crippen molar-refractivity contribution in [1.29, 1.82) is 0 Å². The predicted molar refractivity (Wildman–Crippen MR) is 128 cm³/mol. The van der Waals surface area contributed by atoms with Gasteiger partial charge in [0.25, 0.3) is 5.91 Å². The summed E-state index contributed by atoms with van der Waals surface area (Å²) in [6.07, 6.45) is 1.30. The molecule has 2 aliphatic heterocycles. The van der Waals surface area contributed by atoms with E-state index in [1.165, 1.54) is 17.0 Å². The van der Waals surface area contributed by atoms with Gasteiger partial charge in [0.2, 0.25) is 5.91 Å². The number of imide groups is 1. The minimum absolute atomic E-state index is 0.170. The van der Waals surface area contributed by atoms with Crippen molar-refractivity contribution in [2.45, 2.75) is 39.7 Å². The van der Waals surface area contributed by atoms with Gasteiger partial charge in [0.1, 0.15) is 0 Å². The van der Waals surface area contributed by atoms with E-state index in [-0.39, 0.29) is 36.2 Å². The van der Waals surface area contributed by atoms with Crippen LogP contribution in [0.1, 0.15) is 53.0 Å². The maximum atomic E-state index is 13.1. The largest absolute Gasteiger partial charge is 0.454 e. The van der Waals surface area contributed by atoms with Crippen LogP contribution in [0.4, 0.5) is 5.69 Å². The van der Waals surface area contributed by atoms with E-state index in [1.807, 2.05) is 19.1 Å². The Morgan fingerprint density at radius 3 is 2.12 bits per heavy atom. The lowest BCUT2D eigenvalue weighted by molar-refractivity contribution is -0.123. The molecular formula is C27H30N2O5. The normalized spacial score (nSPS) is 23.3. The van der Waals surface area contributed by atoms with Crippen LogP contribution < -0.4 is 4.90 Å². The number of aryl methyl sites for hydroxylation is 1. The summed E-state index contributed by atoms with van der Waals surface area (Å²) in [6, 6.07) is 12.8. The highest BCUT2D eigenvalue weighted by molar-refractivity contribution is 6.22. The number of rotatable bonds is 6. The molecule has 3 atom stereocenters. The zero-order valence-corrected chi connectivity index (χ0v) is 19.8. The van der Waals surface area contributed by atoms with Gasteiger partial charge >= 0.3 is 5.97 Å². The van der Waals surface area contributed by atoms with E-state index < -0.39 is 12.0 Å². The van der Waals surface area contributed by atoms with Gasteiger partial charge in [0, 0.05) is 18.7 Å². The van der Waals surface area contributed by atoms with E-state index in [9.17, 15) is 19.2 Å². The Kier molecular flexibility index (Phi) is 6.93. The number of piperidine rings is 1. The van der Waals surface area contributed by atoms with Gasteiger partial charge in [-0.05, 0) is 49.4 Å². The average Bonchev–Trinajstić information content (AvgIpc) is 3.11. The summed E-state index contributed by atoms with van der Waals surface area (Å²) < 4.78 is 5.16. The van der Waals surface area contributed by atoms with Crippen LogP contribution in [0.25, 0.3) is 0 Å². The summed E-state index contributed by atoms with van der Waals surface area (Å²) in [6.45, 7) is 7.54. The Hall–Kier alpha value is -3.32. The molecule has 7 heteroatoms. The standard InChI is InChI=1S/C27H30N2O5/c1-17-4-6-20(7-5-17)24(30)16-34-27(33)21-8-10-22(11-9-21)29-25(31)13-23(26(29)32)28-14-18(2)12-19(3)15-28/h4-11,18-19,23H,12-16H2,1-3H3. The van der Waals surface area contributed by atoms with Crippen molar-refractivity contribution >= 4 is 29.3 Å². The molecule has 34 heavy (non-hydrogen) atoms. The SMILES string of the molecule is Cc1ccc(C(=O)COC(=O)c2ccc(N3C(=O)CC(N4CC(C)CC(C)C4)C3=O)cc2)cc1. The van der Waals surface area contributed by atoms with Crippen molar-refractivity contribution in [2.24, 2.45) is 11.8 Å². The van der Waals surface area contributed by atoms with Crippen LogP contribution in [0.5, 0.6) is 0 Å². The van der Waals surface area contributed by atoms with Crippen LogP contribution >= 0.6 is 0 Å². The second-order valence-corrected chi connectivity index (χ2v) is 9.60. The molecule has 0 N–H and O–H groups in total. The van der Waals surface area contributed by atoms with Crippen LogP contribution in [-0.2, 0) is 14.3 Å². The quantitative estimate of drug-likeness (QED) is 0.370. The summed E-state index contributed by atoms with van der Waals surface area (Å²) >= 11 is 0. The molecule has 0 saturated carbocycles. The monoisotopic (exact) mass is 462 g/mol. The highest BCUT2D eigenvalue weighted by Gasteiger charge is 2.44. The number of benzene rings is 2. The third-order valence-electron chi connectivity index (χ3n) is 6.53. The highest BCUT2D eigenvalue weighted by Crippen LogP contribution is 2.30. The number of esters is 1. The molecule has 2 aromatic carbocycles. The first-order valence-electron chi connectivity index (χ1n) is 11.7. The number of amides is 2. The number of anilines is 1. The Morgan fingerprint density at radius 1 is 0.912 bits per heavy atom. The number of Topliss-reactive ketones (excluding diaryl/α,β-unsaturated/α-hetero) is 1. The van der Waals surface area contributed by atoms with Crippen molar-refractivity contribution in [3.63, 3.8) is 0 Å². The van der Waals surface area contributed by atoms with Gasteiger partial charge in [-0.3, -0.25) is 19.3 Å². The Morgan fingerprint density at radius 2 is 1.50 bits per heavy atom. The van der Waals surface area contributed by atoms with E-state index in [4.69, 9.17) is 4.74 Å². The molecule has 2 aromatic rings. The molecule has 0 aromatic heterocycles. The number of likely N-dealkylation sites (tertiary alicyclic amines) is 1. The van der Waals surface area contributed by atoms with Crippen molar-refractivity contribution in [3.8, 4) is 0 Å². The first-order valence-corrected chi connectivity index (χ1v) is 11.7. The third-order valence-corrected chi connectivity index (χ3v) is 6.53. The van der Waals surface area contributed by atoms with Crippen LogP contribution in [0, 0.1) is 18.8 Å². The number of nitrogens with zero attached hydrogens (tertiary/aromatic N) is 2. The first-order chi connectivity index (χ1) is 16.2. The van der Waals surface area contributed by atoms with Gasteiger partial charge in [-0.25, -0.2) is 9.69 Å². The van der Waals surface area contributed by atoms with Crippen LogP contribution in [0.3, 0.4) is 0 Å². The Balaban J connectivity index is 1.38. The molecule has 2 saturated heterocycles. The van der Waals surface area contributed by atoms with Crippen molar-refractivity contribution < 1.29 is 23.9 Å². The number of carbonyl (C=O) groups is 4. The van der Waals surface area contributed by atoms with Gasteiger partial charge in [0.05, 0.1) is 23.7 Å². The third kappa shape index (κ3) is 5.09. The number of ketones is 1. The van der Waals surface area contributed by atoms with E-state index >= 15 is 0 Å². The number of hydrogen-bond acceptors (Lipinski definition) is 6. The maximum absolute atomic E-state index is 13.1. The molecule has 2 heterocycles. The lowest BCUT2D eigenvalue weighted by atomic mass is 9.90. The van der Waals surface area contributed by atoms with Crippen LogP contribution in [-0.4, -0.2) is 54.2 Å². The van der Waals surface area contributed by atoms with E-state index in [2.05, 4.69) is 18.7 Å². The van der Waals surface area contributed by atoms with Crippen molar-refractivity contribution in [1.82, 2.24) is 4.90 Å². The molecule has 2 fully saturated rings. The van der Waals surface area contributed by atoms with E-state index in [0.717, 1.165) is 25.1 Å². The van der Waals surface area contributed by atoms with Gasteiger partial charge in [0.15, 0.2) is 12.4 Å². The maximum Gasteiger partial charge on any atom is 0.338 e. The van der Waals surface area contributed by atoms with Gasteiger partial charge in [-0.2, -0.15) is 0 Å². The van der Waals surface area contributed by atoms with Gasteiger partial charge in [-0.15, -0.1) is 0 Å². The van der Waals surface area contributed by atoms with E-state index in [0.29, 0.717) is 23.1 Å². The molecule has 4 rings (SSSR count). The smallest absolute Gasteiger partial charge is 0.338 e. The van der Waals surface area contributed by atoms with Gasteiger partial charge in [-0.1, -0.05) is 43.7 Å². The van der Waals surface area contributed by atoms with Gasteiger partial charge < -0.3 is 4.74 Å². The molecule has 0 bridgehead atoms. The summed E-state index contributed by atoms with van der Waals surface area (Å²) in [7, 11) is 0. The minimum Gasteiger partial charge on any atom is -0.454 e. The molecule has 2 amide bonds. The van der Waals surface area contributed by atoms with Crippen molar-refractivity contribution in [3.05, 3.63) is 65.2 Å². The molecule has 0 spiro atoms. The van der Waals surface area contributed by atoms with Crippen LogP contribution in [0.15, 0.2) is 48.5 Å². The first kappa shape index (κ1) is 23.8. The number of ether oxygens (including phenoxy) is 1. The Labute approximate surface area is 199 Å². The topological polar surface area (TPSA) is 84.0 Å². The lowest BCUT2D eigenvalue weighted by Gasteiger charge is -2.37. The molecule has 7 nitrogen and oxygen atoms in total. The molecule has 0 radical (unpaired) electrons. The minimum atomic E-state index is -0.639. The molecule has 2 aliphatic rings. The summed E-state index contributed by atoms with van der Waals surface area (Å²) in [5, 5.41) is 0. The molecular weight excluding hydrogens is 432 g/mol. The molecule has 0 aliphatic carbocycles. The van der Waals surface area contributed by atoms with Crippen molar-refractivity contribution in [2.75, 3.05) is 24.6 Å². The average molecular weight is 463 g/mol. The zero-order chi connectivity index (χ0) is 24.4. The number of carbonyl (C=O) groups excluding carboxylic acids is 4. The highest BCUT2D eigenvalue weighted by atomic mass is 16.5. The lowest BCUT2D eigenvalue weighted by Crippen LogP contribution is -2.48. The summed E-state index contributed by atoms with van der Waals surface area (Å²) in [4.78, 5) is 53.8. The second-order valence-electron chi connectivity index (χ2n) is 9.60. The summed E-state index contributed by atoms with van der Waals surface area (Å²) in [5.41, 5.74) is 2.19. The fraction of sp³-hybridized carbons (Fsp3) is 0.407. The molecule has 178 valence electrons. The second kappa shape index (κ2) is 9.89. The Bertz CT molecular complexity index is 1080. The number of hydrogen-bond donors (Lipinski definition) is 0. The molecule has 3 unspecified atom stereocenters. The zero-order valence-electron chi connectivity index (χ0n) is 19.8. The van der Waals surface area contributed by atoms with Crippen LogP contribution in [0.2, 0.25) is 0 Å².